The molecule has 0 radical (unpaired) electrons. The largest absolute Gasteiger partial charge is 0.350 e. The average molecular weight is 136 g/mol. The zero-order valence-electron chi connectivity index (χ0n) is 4.89. The summed E-state index contributed by atoms with van der Waals surface area (Å²) < 4.78 is 11.3. The molecule has 0 unspecified atom stereocenters. The molecule has 0 bridgehead atoms. The van der Waals surface area contributed by atoms with Gasteiger partial charge in [0.25, 0.3) is 0 Å². The van der Waals surface area contributed by atoms with Gasteiger partial charge in [0.05, 0.1) is 13.3 Å². The molecule has 2 amide bonds. The fourth-order valence-corrected chi connectivity index (χ4v) is 0.249. The molecule has 0 saturated heterocycles. The van der Waals surface area contributed by atoms with E-state index in [0.29, 0.717) is 0 Å². The van der Waals surface area contributed by atoms with Crippen molar-refractivity contribution in [3.05, 3.63) is 0 Å². The topological polar surface area (TPSA) is 64.4 Å². The molecule has 0 aliphatic heterocycles. The quantitative estimate of drug-likeness (QED) is 0.420. The van der Waals surface area contributed by atoms with Crippen LogP contribution in [0.5, 0.6) is 0 Å². The number of hydrogen-bond acceptors (Lipinski definition) is 2. The summed E-state index contributed by atoms with van der Waals surface area (Å²) in [5.41, 5.74) is 6.46. The summed E-state index contributed by atoms with van der Waals surface area (Å²) in [7, 11) is 0. The number of hydrogen-bond donors (Lipinski definition) is 2. The second-order valence-electron chi connectivity index (χ2n) is 1.36. The Kier molecular flexibility index (Phi) is 4.81. The van der Waals surface area contributed by atoms with E-state index in [1.54, 1.807) is 0 Å². The fraction of sp³-hybridized carbons (Fsp3) is 0.750. The van der Waals surface area contributed by atoms with Gasteiger partial charge in [-0.15, -0.1) is 0 Å². The van der Waals surface area contributed by atoms with Crippen molar-refractivity contribution in [3.63, 3.8) is 0 Å². The summed E-state index contributed by atoms with van der Waals surface area (Å²) in [6, 6.07) is -0.770. The Morgan fingerprint density at radius 1 is 1.78 bits per heavy atom. The van der Waals surface area contributed by atoms with Crippen LogP contribution in [0.15, 0.2) is 0 Å². The number of carbonyl (C=O) groups excluding carboxylic acids is 1. The molecular weight excluding hydrogens is 127 g/mol. The summed E-state index contributed by atoms with van der Waals surface area (Å²) in [5.74, 6) is 0. The van der Waals surface area contributed by atoms with Crippen molar-refractivity contribution in [1.82, 2.24) is 5.48 Å². The summed E-state index contributed by atoms with van der Waals surface area (Å²) in [4.78, 5) is 14.2. The molecule has 54 valence electrons. The monoisotopic (exact) mass is 136 g/mol. The van der Waals surface area contributed by atoms with Gasteiger partial charge in [0.1, 0.15) is 0 Å². The van der Waals surface area contributed by atoms with Gasteiger partial charge in [-0.1, -0.05) is 0 Å². The first-order valence-electron chi connectivity index (χ1n) is 2.50. The Bertz CT molecular complexity index is 88.6. The minimum absolute atomic E-state index is 0.152. The molecule has 0 atom stereocenters. The summed E-state index contributed by atoms with van der Waals surface area (Å²) in [5, 5.41) is 0. The van der Waals surface area contributed by atoms with Gasteiger partial charge in [-0.2, -0.15) is 0 Å². The zero-order valence-corrected chi connectivity index (χ0v) is 4.89. The minimum atomic E-state index is -0.770. The van der Waals surface area contributed by atoms with Crippen molar-refractivity contribution >= 4 is 6.03 Å². The molecule has 0 aliphatic rings. The molecule has 0 spiro atoms. The molecule has 0 aromatic carbocycles. The molecule has 5 heteroatoms. The van der Waals surface area contributed by atoms with Crippen LogP contribution in [0, 0.1) is 0 Å². The van der Waals surface area contributed by atoms with Gasteiger partial charge in [0.2, 0.25) is 0 Å². The van der Waals surface area contributed by atoms with Crippen LogP contribution in [0.1, 0.15) is 6.42 Å². The molecule has 0 heterocycles. The van der Waals surface area contributed by atoms with Gasteiger partial charge in [0.15, 0.2) is 0 Å². The number of rotatable bonds is 4. The van der Waals surface area contributed by atoms with Gasteiger partial charge >= 0.3 is 6.03 Å². The van der Waals surface area contributed by atoms with E-state index < -0.39 is 12.7 Å². The van der Waals surface area contributed by atoms with Crippen molar-refractivity contribution in [2.75, 3.05) is 13.3 Å². The van der Waals surface area contributed by atoms with E-state index in [4.69, 9.17) is 0 Å². The van der Waals surface area contributed by atoms with Crippen molar-refractivity contribution in [3.8, 4) is 0 Å². The van der Waals surface area contributed by atoms with Crippen LogP contribution in [0.3, 0.4) is 0 Å². The van der Waals surface area contributed by atoms with Crippen molar-refractivity contribution in [2.24, 2.45) is 5.73 Å². The molecule has 0 aliphatic carbocycles. The predicted octanol–water partition coefficient (Wildman–Crippen LogP) is -0.0541. The molecule has 9 heavy (non-hydrogen) atoms. The van der Waals surface area contributed by atoms with Gasteiger partial charge < -0.3 is 5.73 Å². The smallest absolute Gasteiger partial charge is 0.336 e. The number of nitrogens with two attached hydrogens (primary N) is 1. The number of hydroxylamine groups is 1. The van der Waals surface area contributed by atoms with E-state index in [2.05, 4.69) is 10.6 Å². The highest BCUT2D eigenvalue weighted by atomic mass is 19.1. The first-order chi connectivity index (χ1) is 4.27. The first kappa shape index (κ1) is 8.16. The molecule has 0 saturated carbocycles. The van der Waals surface area contributed by atoms with E-state index in [1.807, 2.05) is 5.48 Å². The Balaban J connectivity index is 2.83. The number of halogens is 1. The molecule has 0 fully saturated rings. The maximum Gasteiger partial charge on any atom is 0.336 e. The Labute approximate surface area is 52.1 Å². The highest BCUT2D eigenvalue weighted by Crippen LogP contribution is 1.78. The molecular formula is C4H9FN2O2. The number of primary amides is 1. The van der Waals surface area contributed by atoms with Crippen molar-refractivity contribution in [1.29, 1.82) is 0 Å². The Morgan fingerprint density at radius 3 is 2.89 bits per heavy atom. The van der Waals surface area contributed by atoms with Crippen molar-refractivity contribution in [2.45, 2.75) is 6.42 Å². The van der Waals surface area contributed by atoms with Crippen LogP contribution >= 0.6 is 0 Å². The molecule has 0 aromatic rings. The third-order valence-corrected chi connectivity index (χ3v) is 0.553. The molecule has 4 nitrogen and oxygen atoms in total. The minimum Gasteiger partial charge on any atom is -0.350 e. The summed E-state index contributed by atoms with van der Waals surface area (Å²) in [6.07, 6.45) is 0.264. The van der Waals surface area contributed by atoms with Crippen molar-refractivity contribution < 1.29 is 14.0 Å². The number of amides is 2. The van der Waals surface area contributed by atoms with Gasteiger partial charge in [-0.3, -0.25) is 9.23 Å². The van der Waals surface area contributed by atoms with Crippen LogP contribution < -0.4 is 11.2 Å². The number of urea groups is 1. The lowest BCUT2D eigenvalue weighted by Crippen LogP contribution is -2.29. The number of nitrogens with one attached hydrogen (secondary N) is 1. The van der Waals surface area contributed by atoms with E-state index in [-0.39, 0.29) is 13.0 Å². The maximum absolute atomic E-state index is 11.3. The van der Waals surface area contributed by atoms with Gasteiger partial charge in [0, 0.05) is 6.42 Å². The third kappa shape index (κ3) is 7.16. The number of alkyl halides is 1. The highest BCUT2D eigenvalue weighted by molar-refractivity contribution is 5.70. The van der Waals surface area contributed by atoms with E-state index >= 15 is 0 Å². The third-order valence-electron chi connectivity index (χ3n) is 0.553. The predicted molar refractivity (Wildman–Crippen MR) is 29.3 cm³/mol. The highest BCUT2D eigenvalue weighted by Gasteiger charge is 1.89. The van der Waals surface area contributed by atoms with Crippen LogP contribution in [-0.2, 0) is 4.84 Å². The average Bonchev–Trinajstić information content (AvgIpc) is 1.80. The molecule has 3 N–H and O–H groups in total. The second kappa shape index (κ2) is 5.30. The Morgan fingerprint density at radius 2 is 2.44 bits per heavy atom. The standard InChI is InChI=1S/C4H9FN2O2/c5-2-1-3-9-7-4(6)8/h1-3H2,(H3,6,7,8). The lowest BCUT2D eigenvalue weighted by molar-refractivity contribution is 0.0598. The van der Waals surface area contributed by atoms with E-state index in [9.17, 15) is 9.18 Å². The van der Waals surface area contributed by atoms with Crippen LogP contribution in [0.2, 0.25) is 0 Å². The van der Waals surface area contributed by atoms with E-state index in [1.165, 1.54) is 0 Å². The summed E-state index contributed by atoms with van der Waals surface area (Å²) in [6.45, 7) is -0.306. The lowest BCUT2D eigenvalue weighted by Gasteiger charge is -1.98. The molecule has 0 aromatic heterocycles. The zero-order chi connectivity index (χ0) is 7.11. The first-order valence-corrected chi connectivity index (χ1v) is 2.50. The van der Waals surface area contributed by atoms with Crippen LogP contribution in [-0.4, -0.2) is 19.3 Å². The normalized spacial score (nSPS) is 9.00. The van der Waals surface area contributed by atoms with Gasteiger partial charge in [-0.25, -0.2) is 10.3 Å². The SMILES string of the molecule is NC(=O)NOCCCF. The van der Waals surface area contributed by atoms with Gasteiger partial charge in [-0.05, 0) is 0 Å². The summed E-state index contributed by atoms with van der Waals surface area (Å²) >= 11 is 0. The Hall–Kier alpha value is -0.840. The maximum atomic E-state index is 11.3. The molecule has 0 rings (SSSR count). The second-order valence-corrected chi connectivity index (χ2v) is 1.36. The number of carbonyl (C=O) groups is 1. The fourth-order valence-electron chi connectivity index (χ4n) is 0.249. The van der Waals surface area contributed by atoms with Crippen LogP contribution in [0.4, 0.5) is 9.18 Å². The van der Waals surface area contributed by atoms with Crippen LogP contribution in [0.25, 0.3) is 0 Å². The lowest BCUT2D eigenvalue weighted by atomic mass is 10.5. The van der Waals surface area contributed by atoms with E-state index in [0.717, 1.165) is 0 Å².